The van der Waals surface area contributed by atoms with Crippen LogP contribution in [0.25, 0.3) is 0 Å². The lowest BCUT2D eigenvalue weighted by Gasteiger charge is -2.33. The number of nitrogens with one attached hydrogen (secondary N) is 1. The molecule has 1 aliphatic heterocycles. The van der Waals surface area contributed by atoms with E-state index >= 15 is 0 Å². The minimum Gasteiger partial charge on any atom is -0.356 e. The first kappa shape index (κ1) is 13.9. The number of alkyl halides is 3. The van der Waals surface area contributed by atoms with Crippen molar-refractivity contribution in [2.45, 2.75) is 25.9 Å². The summed E-state index contributed by atoms with van der Waals surface area (Å²) < 4.78 is 37.7. The number of piperidine rings is 1. The highest BCUT2D eigenvalue weighted by atomic mass is 19.4. The number of hydrazine groups is 1. The first-order valence-corrected chi connectivity index (χ1v) is 6.04. The maximum atomic E-state index is 12.6. The van der Waals surface area contributed by atoms with Crippen molar-refractivity contribution in [3.63, 3.8) is 0 Å². The molecule has 0 saturated carbocycles. The van der Waals surface area contributed by atoms with E-state index < -0.39 is 12.1 Å². The number of hydrogen-bond acceptors (Lipinski definition) is 5. The Hall–Kier alpha value is -1.57. The number of rotatable bonds is 2. The Kier molecular flexibility index (Phi) is 3.79. The van der Waals surface area contributed by atoms with Crippen LogP contribution >= 0.6 is 0 Å². The largest absolute Gasteiger partial charge is 0.391 e. The molecule has 0 amide bonds. The third-order valence-electron chi connectivity index (χ3n) is 3.25. The summed E-state index contributed by atoms with van der Waals surface area (Å²) in [6, 6.07) is 1.64. The van der Waals surface area contributed by atoms with Gasteiger partial charge in [-0.1, -0.05) is 0 Å². The molecule has 0 atom stereocenters. The highest BCUT2D eigenvalue weighted by molar-refractivity contribution is 5.49. The van der Waals surface area contributed by atoms with Crippen molar-refractivity contribution in [2.75, 3.05) is 23.4 Å². The zero-order valence-electron chi connectivity index (χ0n) is 10.5. The standard InChI is InChI=1S/C11H16F3N5/c1-7-16-9(18-15)6-10(17-7)19-4-2-8(3-5-19)11(12,13)14/h6,8H,2-5,15H2,1H3,(H,16,17,18). The summed E-state index contributed by atoms with van der Waals surface area (Å²) >= 11 is 0. The first-order valence-electron chi connectivity index (χ1n) is 6.04. The van der Waals surface area contributed by atoms with E-state index in [9.17, 15) is 13.2 Å². The Morgan fingerprint density at radius 3 is 2.47 bits per heavy atom. The SMILES string of the molecule is Cc1nc(NN)cc(N2CCC(C(F)(F)F)CC2)n1. The molecule has 0 bridgehead atoms. The van der Waals surface area contributed by atoms with E-state index in [-0.39, 0.29) is 12.8 Å². The first-order chi connectivity index (χ1) is 8.90. The highest BCUT2D eigenvalue weighted by Gasteiger charge is 2.41. The van der Waals surface area contributed by atoms with E-state index in [4.69, 9.17) is 5.84 Å². The van der Waals surface area contributed by atoms with Crippen molar-refractivity contribution >= 4 is 11.6 Å². The van der Waals surface area contributed by atoms with E-state index in [1.54, 1.807) is 13.0 Å². The van der Waals surface area contributed by atoms with Gasteiger partial charge in [-0.3, -0.25) is 0 Å². The van der Waals surface area contributed by atoms with E-state index in [0.717, 1.165) is 0 Å². The number of anilines is 2. The highest BCUT2D eigenvalue weighted by Crippen LogP contribution is 2.35. The minimum absolute atomic E-state index is 0.0952. The van der Waals surface area contributed by atoms with Gasteiger partial charge in [0.25, 0.3) is 0 Å². The quantitative estimate of drug-likeness (QED) is 0.637. The van der Waals surface area contributed by atoms with Gasteiger partial charge in [-0.25, -0.2) is 15.8 Å². The van der Waals surface area contributed by atoms with Gasteiger partial charge in [0.15, 0.2) is 0 Å². The minimum atomic E-state index is -4.10. The van der Waals surface area contributed by atoms with Gasteiger partial charge in [0.2, 0.25) is 0 Å². The summed E-state index contributed by atoms with van der Waals surface area (Å²) in [7, 11) is 0. The Morgan fingerprint density at radius 1 is 1.32 bits per heavy atom. The van der Waals surface area contributed by atoms with Crippen LogP contribution in [-0.4, -0.2) is 29.2 Å². The average molecular weight is 275 g/mol. The van der Waals surface area contributed by atoms with Crippen LogP contribution in [0.15, 0.2) is 6.07 Å². The summed E-state index contributed by atoms with van der Waals surface area (Å²) in [5.74, 6) is 5.68. The molecule has 3 N–H and O–H groups in total. The van der Waals surface area contributed by atoms with Crippen molar-refractivity contribution in [3.05, 3.63) is 11.9 Å². The number of aryl methyl sites for hydroxylation is 1. The van der Waals surface area contributed by atoms with E-state index in [2.05, 4.69) is 15.4 Å². The average Bonchev–Trinajstić information content (AvgIpc) is 2.37. The van der Waals surface area contributed by atoms with Crippen molar-refractivity contribution in [3.8, 4) is 0 Å². The van der Waals surface area contributed by atoms with Gasteiger partial charge in [0.1, 0.15) is 17.5 Å². The molecule has 8 heteroatoms. The summed E-state index contributed by atoms with van der Waals surface area (Å²) in [5.41, 5.74) is 2.42. The molecule has 1 aromatic rings. The predicted molar refractivity (Wildman–Crippen MR) is 65.6 cm³/mol. The van der Waals surface area contributed by atoms with Crippen molar-refractivity contribution in [1.29, 1.82) is 0 Å². The molecule has 0 unspecified atom stereocenters. The molecular formula is C11H16F3N5. The second kappa shape index (κ2) is 5.20. The van der Waals surface area contributed by atoms with Crippen LogP contribution in [0, 0.1) is 12.8 Å². The second-order valence-corrected chi connectivity index (χ2v) is 4.61. The number of halogens is 3. The molecule has 1 aromatic heterocycles. The summed E-state index contributed by atoms with van der Waals surface area (Å²) in [5, 5.41) is 0. The van der Waals surface area contributed by atoms with Gasteiger partial charge in [0.05, 0.1) is 5.92 Å². The fourth-order valence-corrected chi connectivity index (χ4v) is 2.22. The third kappa shape index (κ3) is 3.25. The molecule has 5 nitrogen and oxygen atoms in total. The zero-order chi connectivity index (χ0) is 14.0. The van der Waals surface area contributed by atoms with Gasteiger partial charge >= 0.3 is 6.18 Å². The van der Waals surface area contributed by atoms with Crippen LogP contribution in [0.5, 0.6) is 0 Å². The van der Waals surface area contributed by atoms with Crippen molar-refractivity contribution in [1.82, 2.24) is 9.97 Å². The lowest BCUT2D eigenvalue weighted by Crippen LogP contribution is -2.39. The fourth-order valence-electron chi connectivity index (χ4n) is 2.22. The second-order valence-electron chi connectivity index (χ2n) is 4.61. The molecule has 106 valence electrons. The molecule has 1 saturated heterocycles. The molecule has 2 heterocycles. The van der Waals surface area contributed by atoms with Gasteiger partial charge < -0.3 is 10.3 Å². The lowest BCUT2D eigenvalue weighted by atomic mass is 9.96. The van der Waals surface area contributed by atoms with Gasteiger partial charge in [0, 0.05) is 19.2 Å². The van der Waals surface area contributed by atoms with Crippen LogP contribution in [0.4, 0.5) is 24.8 Å². The maximum absolute atomic E-state index is 12.6. The van der Waals surface area contributed by atoms with Crippen LogP contribution in [-0.2, 0) is 0 Å². The van der Waals surface area contributed by atoms with Crippen LogP contribution in [0.1, 0.15) is 18.7 Å². The number of hydrogen-bond donors (Lipinski definition) is 2. The lowest BCUT2D eigenvalue weighted by molar-refractivity contribution is -0.179. The van der Waals surface area contributed by atoms with Crippen LogP contribution in [0.2, 0.25) is 0 Å². The molecule has 0 spiro atoms. The number of nitrogens with two attached hydrogens (primary N) is 1. The summed E-state index contributed by atoms with van der Waals surface area (Å²) in [6.07, 6.45) is -3.91. The molecule has 0 aliphatic carbocycles. The molecule has 1 aliphatic rings. The van der Waals surface area contributed by atoms with Crippen LogP contribution < -0.4 is 16.2 Å². The topological polar surface area (TPSA) is 67.1 Å². The van der Waals surface area contributed by atoms with Gasteiger partial charge in [-0.05, 0) is 19.8 Å². The van der Waals surface area contributed by atoms with Gasteiger partial charge in [-0.2, -0.15) is 13.2 Å². The van der Waals surface area contributed by atoms with Crippen molar-refractivity contribution < 1.29 is 13.2 Å². The normalized spacial score (nSPS) is 17.6. The number of nitrogen functional groups attached to an aromatic ring is 1. The Balaban J connectivity index is 2.07. The molecular weight excluding hydrogens is 259 g/mol. The Bertz CT molecular complexity index is 440. The molecule has 0 aromatic carbocycles. The summed E-state index contributed by atoms with van der Waals surface area (Å²) in [6.45, 7) is 2.39. The third-order valence-corrected chi connectivity index (χ3v) is 3.25. The van der Waals surface area contributed by atoms with Gasteiger partial charge in [-0.15, -0.1) is 0 Å². The molecule has 2 rings (SSSR count). The monoisotopic (exact) mass is 275 g/mol. The maximum Gasteiger partial charge on any atom is 0.391 e. The molecule has 1 fully saturated rings. The Morgan fingerprint density at radius 2 is 1.95 bits per heavy atom. The van der Waals surface area contributed by atoms with Crippen molar-refractivity contribution in [2.24, 2.45) is 11.8 Å². The molecule has 0 radical (unpaired) electrons. The number of nitrogens with zero attached hydrogens (tertiary/aromatic N) is 3. The predicted octanol–water partition coefficient (Wildman–Crippen LogP) is 1.85. The fraction of sp³-hybridized carbons (Fsp3) is 0.636. The zero-order valence-corrected chi connectivity index (χ0v) is 10.5. The number of aromatic nitrogens is 2. The molecule has 19 heavy (non-hydrogen) atoms. The van der Waals surface area contributed by atoms with E-state index in [1.165, 1.54) is 0 Å². The summed E-state index contributed by atoms with van der Waals surface area (Å²) in [4.78, 5) is 10.1. The van der Waals surface area contributed by atoms with E-state index in [1.807, 2.05) is 4.90 Å². The Labute approximate surface area is 109 Å². The smallest absolute Gasteiger partial charge is 0.356 e. The van der Waals surface area contributed by atoms with E-state index in [0.29, 0.717) is 30.5 Å². The van der Waals surface area contributed by atoms with Crippen LogP contribution in [0.3, 0.4) is 0 Å².